The first-order valence-corrected chi connectivity index (χ1v) is 9.56. The van der Waals surface area contributed by atoms with Crippen molar-refractivity contribution in [1.29, 1.82) is 0 Å². The van der Waals surface area contributed by atoms with E-state index in [1.54, 1.807) is 31.2 Å². The molecule has 1 aromatic heterocycles. The molecule has 3 aromatic rings. The number of aryl methyl sites for hydroxylation is 1. The van der Waals surface area contributed by atoms with Crippen molar-refractivity contribution in [3.8, 4) is 11.5 Å². The van der Waals surface area contributed by atoms with Crippen LogP contribution in [0.5, 0.6) is 11.5 Å². The molecule has 2 heterocycles. The number of aromatic nitrogens is 1. The predicted molar refractivity (Wildman–Crippen MR) is 112 cm³/mol. The van der Waals surface area contributed by atoms with E-state index in [9.17, 15) is 19.8 Å². The Labute approximate surface area is 181 Å². The molecule has 1 amide bonds. The van der Waals surface area contributed by atoms with E-state index in [1.165, 1.54) is 31.4 Å². The fraction of sp³-hybridized carbons (Fsp3) is 0.136. The molecule has 0 bridgehead atoms. The third-order valence-corrected chi connectivity index (χ3v) is 5.20. The lowest BCUT2D eigenvalue weighted by atomic mass is 9.95. The first-order valence-electron chi connectivity index (χ1n) is 9.19. The van der Waals surface area contributed by atoms with Crippen molar-refractivity contribution >= 4 is 34.9 Å². The van der Waals surface area contributed by atoms with Gasteiger partial charge in [-0.25, -0.2) is 0 Å². The van der Waals surface area contributed by atoms with Gasteiger partial charge in [0.2, 0.25) is 0 Å². The highest BCUT2D eigenvalue weighted by atomic mass is 35.5. The number of carbonyl (C=O) groups is 2. The molecule has 2 N–H and O–H groups in total. The summed E-state index contributed by atoms with van der Waals surface area (Å²) in [4.78, 5) is 27.1. The van der Waals surface area contributed by atoms with Crippen LogP contribution in [-0.4, -0.2) is 34.2 Å². The van der Waals surface area contributed by atoms with Gasteiger partial charge in [-0.2, -0.15) is 0 Å². The maximum Gasteiger partial charge on any atom is 0.301 e. The lowest BCUT2D eigenvalue weighted by molar-refractivity contribution is -0.132. The van der Waals surface area contributed by atoms with Crippen molar-refractivity contribution in [1.82, 2.24) is 5.16 Å². The van der Waals surface area contributed by atoms with Crippen molar-refractivity contribution in [3.05, 3.63) is 76.0 Å². The van der Waals surface area contributed by atoms with Crippen LogP contribution in [-0.2, 0) is 9.59 Å². The van der Waals surface area contributed by atoms with E-state index in [1.807, 2.05) is 0 Å². The van der Waals surface area contributed by atoms with Gasteiger partial charge in [-0.15, -0.1) is 0 Å². The van der Waals surface area contributed by atoms with E-state index in [2.05, 4.69) is 5.16 Å². The number of rotatable bonds is 4. The zero-order valence-corrected chi connectivity index (χ0v) is 17.3. The van der Waals surface area contributed by atoms with Crippen molar-refractivity contribution < 1.29 is 29.1 Å². The summed E-state index contributed by atoms with van der Waals surface area (Å²) in [6, 6.07) is 11.1. The van der Waals surface area contributed by atoms with Gasteiger partial charge in [-0.05, 0) is 48.9 Å². The average molecular weight is 441 g/mol. The number of aromatic hydroxyl groups is 1. The monoisotopic (exact) mass is 440 g/mol. The van der Waals surface area contributed by atoms with Crippen LogP contribution in [0.1, 0.15) is 22.9 Å². The van der Waals surface area contributed by atoms with Crippen molar-refractivity contribution in [2.75, 3.05) is 12.0 Å². The van der Waals surface area contributed by atoms with Crippen LogP contribution in [0.25, 0.3) is 5.76 Å². The summed E-state index contributed by atoms with van der Waals surface area (Å²) in [5.74, 6) is -1.53. The molecule has 0 radical (unpaired) electrons. The van der Waals surface area contributed by atoms with Gasteiger partial charge in [0.1, 0.15) is 11.5 Å². The molecule has 9 heteroatoms. The molecule has 2 aromatic carbocycles. The highest BCUT2D eigenvalue weighted by Crippen LogP contribution is 2.43. The molecule has 0 unspecified atom stereocenters. The highest BCUT2D eigenvalue weighted by Gasteiger charge is 2.48. The van der Waals surface area contributed by atoms with Crippen LogP contribution < -0.4 is 9.64 Å². The quantitative estimate of drug-likeness (QED) is 0.358. The molecule has 4 rings (SSSR count). The van der Waals surface area contributed by atoms with Crippen LogP contribution in [0.3, 0.4) is 0 Å². The minimum atomic E-state index is -1.03. The number of aliphatic hydroxyl groups is 1. The summed E-state index contributed by atoms with van der Waals surface area (Å²) in [5, 5.41) is 25.3. The number of methoxy groups -OCH3 is 1. The van der Waals surface area contributed by atoms with Gasteiger partial charge in [-0.1, -0.05) is 22.8 Å². The molecule has 158 valence electrons. The Morgan fingerprint density at radius 3 is 2.48 bits per heavy atom. The highest BCUT2D eigenvalue weighted by molar-refractivity contribution is 6.51. The molecule has 0 saturated carbocycles. The SMILES string of the molecule is COc1cc([C@H]2C(=C(O)c3ccc(Cl)cc3)C(=O)C(=O)N2c2cc(C)on2)ccc1O. The summed E-state index contributed by atoms with van der Waals surface area (Å²) in [6.45, 7) is 1.65. The molecule has 1 saturated heterocycles. The number of Topliss-reactive ketones (excluding diaryl/α,β-unsaturated/α-hetero) is 1. The summed E-state index contributed by atoms with van der Waals surface area (Å²) in [6.07, 6.45) is 0. The lowest BCUT2D eigenvalue weighted by Crippen LogP contribution is -2.29. The van der Waals surface area contributed by atoms with Gasteiger partial charge in [-0.3, -0.25) is 14.5 Å². The zero-order chi connectivity index (χ0) is 22.3. The molecular weight excluding hydrogens is 424 g/mol. The van der Waals surface area contributed by atoms with Crippen molar-refractivity contribution in [2.45, 2.75) is 13.0 Å². The Morgan fingerprint density at radius 2 is 1.87 bits per heavy atom. The molecule has 0 aliphatic carbocycles. The number of nitrogens with zero attached hydrogens (tertiary/aromatic N) is 2. The minimum absolute atomic E-state index is 0.113. The average Bonchev–Trinajstić information content (AvgIpc) is 3.29. The van der Waals surface area contributed by atoms with Crippen LogP contribution in [0.4, 0.5) is 5.82 Å². The minimum Gasteiger partial charge on any atom is -0.507 e. The first-order chi connectivity index (χ1) is 14.8. The van der Waals surface area contributed by atoms with E-state index in [0.29, 0.717) is 21.9 Å². The normalized spacial score (nSPS) is 17.9. The smallest absolute Gasteiger partial charge is 0.301 e. The van der Waals surface area contributed by atoms with E-state index in [-0.39, 0.29) is 28.6 Å². The maximum absolute atomic E-state index is 13.0. The van der Waals surface area contributed by atoms with E-state index >= 15 is 0 Å². The second-order valence-electron chi connectivity index (χ2n) is 6.90. The number of aliphatic hydroxyl groups excluding tert-OH is 1. The van der Waals surface area contributed by atoms with Gasteiger partial charge in [0.25, 0.3) is 5.78 Å². The molecule has 31 heavy (non-hydrogen) atoms. The molecule has 1 aliphatic heterocycles. The molecule has 1 fully saturated rings. The summed E-state index contributed by atoms with van der Waals surface area (Å²) < 4.78 is 10.3. The zero-order valence-electron chi connectivity index (χ0n) is 16.5. The number of ether oxygens (including phenoxy) is 1. The number of halogens is 1. The van der Waals surface area contributed by atoms with Gasteiger partial charge >= 0.3 is 5.91 Å². The number of carbonyl (C=O) groups excluding carboxylic acids is 2. The van der Waals surface area contributed by atoms with Gasteiger partial charge in [0.15, 0.2) is 17.3 Å². The largest absolute Gasteiger partial charge is 0.507 e. The maximum atomic E-state index is 13.0. The van der Waals surface area contributed by atoms with Crippen LogP contribution >= 0.6 is 11.6 Å². The Hall–Kier alpha value is -3.78. The Bertz CT molecular complexity index is 1210. The number of ketones is 1. The number of phenolic OH excluding ortho intramolecular Hbond substituents is 1. The standard InChI is InChI=1S/C22H17ClN2O6/c1-11-9-17(24-31-11)25-19(13-5-8-15(26)16(10-13)30-2)18(21(28)22(25)29)20(27)12-3-6-14(23)7-4-12/h3-10,19,26-27H,1-2H3/t19-/m0/s1. The summed E-state index contributed by atoms with van der Waals surface area (Å²) >= 11 is 5.92. The van der Waals surface area contributed by atoms with Gasteiger partial charge in [0.05, 0.1) is 18.7 Å². The third-order valence-electron chi connectivity index (χ3n) is 4.94. The number of hydrogen-bond acceptors (Lipinski definition) is 7. The number of phenols is 1. The molecule has 1 aliphatic rings. The molecule has 8 nitrogen and oxygen atoms in total. The van der Waals surface area contributed by atoms with E-state index in [4.69, 9.17) is 20.9 Å². The third kappa shape index (κ3) is 3.51. The van der Waals surface area contributed by atoms with Crippen LogP contribution in [0, 0.1) is 6.92 Å². The number of amides is 1. The lowest BCUT2D eigenvalue weighted by Gasteiger charge is -2.23. The fourth-order valence-electron chi connectivity index (χ4n) is 3.48. The molecular formula is C22H17ClN2O6. The van der Waals surface area contributed by atoms with Crippen LogP contribution in [0.2, 0.25) is 5.02 Å². The number of benzene rings is 2. The molecule has 0 spiro atoms. The topological polar surface area (TPSA) is 113 Å². The first kappa shape index (κ1) is 20.5. The Kier molecular flexibility index (Phi) is 5.16. The Morgan fingerprint density at radius 1 is 1.16 bits per heavy atom. The number of hydrogen-bond donors (Lipinski definition) is 2. The van der Waals surface area contributed by atoms with Crippen molar-refractivity contribution in [3.63, 3.8) is 0 Å². The second kappa shape index (κ2) is 7.81. The van der Waals surface area contributed by atoms with E-state index < -0.39 is 17.7 Å². The van der Waals surface area contributed by atoms with Crippen LogP contribution in [0.15, 0.2) is 58.6 Å². The van der Waals surface area contributed by atoms with Gasteiger partial charge in [0, 0.05) is 16.7 Å². The van der Waals surface area contributed by atoms with E-state index in [0.717, 1.165) is 4.90 Å². The van der Waals surface area contributed by atoms with Gasteiger partial charge < -0.3 is 19.5 Å². The molecule has 1 atom stereocenters. The van der Waals surface area contributed by atoms with Crippen molar-refractivity contribution in [2.24, 2.45) is 0 Å². The predicted octanol–water partition coefficient (Wildman–Crippen LogP) is 3.98. The Balaban J connectivity index is 1.96. The second-order valence-corrected chi connectivity index (χ2v) is 7.34. The fourth-order valence-corrected chi connectivity index (χ4v) is 3.60. The summed E-state index contributed by atoms with van der Waals surface area (Å²) in [5.41, 5.74) is 0.597. The number of anilines is 1. The summed E-state index contributed by atoms with van der Waals surface area (Å²) in [7, 11) is 1.38.